The van der Waals surface area contributed by atoms with Gasteiger partial charge in [0.25, 0.3) is 0 Å². The minimum atomic E-state index is 0.259. The maximum atomic E-state index is 8.92. The highest BCUT2D eigenvalue weighted by Crippen LogP contribution is 2.21. The first-order valence-electron chi connectivity index (χ1n) is 5.98. The summed E-state index contributed by atoms with van der Waals surface area (Å²) in [6.45, 7) is 3.17. The molecule has 2 aromatic heterocycles. The molecule has 2 rings (SSSR count). The molecule has 0 amide bonds. The minimum absolute atomic E-state index is 0.259. The number of aromatic nitrogens is 1. The topological polar surface area (TPSA) is 58.3 Å². The van der Waals surface area contributed by atoms with Crippen molar-refractivity contribution in [2.75, 3.05) is 18.5 Å². The fourth-order valence-corrected chi connectivity index (χ4v) is 1.78. The Morgan fingerprint density at radius 3 is 3.18 bits per heavy atom. The molecule has 1 atom stereocenters. The van der Waals surface area contributed by atoms with E-state index in [2.05, 4.69) is 17.2 Å². The summed E-state index contributed by atoms with van der Waals surface area (Å²) in [5.41, 5.74) is 0.853. The number of aliphatic hydroxyl groups is 1. The van der Waals surface area contributed by atoms with E-state index >= 15 is 0 Å². The van der Waals surface area contributed by atoms with Gasteiger partial charge in [-0.05, 0) is 30.9 Å². The zero-order chi connectivity index (χ0) is 12.1. The fraction of sp³-hybridized carbons (Fsp3) is 0.462. The third-order valence-electron chi connectivity index (χ3n) is 2.86. The van der Waals surface area contributed by atoms with Gasteiger partial charge in [-0.15, -0.1) is 0 Å². The van der Waals surface area contributed by atoms with Crippen LogP contribution in [0.25, 0.3) is 11.0 Å². The van der Waals surface area contributed by atoms with Gasteiger partial charge in [-0.25, -0.2) is 4.98 Å². The second-order valence-corrected chi connectivity index (χ2v) is 4.35. The van der Waals surface area contributed by atoms with Crippen molar-refractivity contribution in [2.24, 2.45) is 5.92 Å². The van der Waals surface area contributed by atoms with Gasteiger partial charge in [0, 0.05) is 19.3 Å². The Hall–Kier alpha value is -1.55. The molecule has 1 unspecified atom stereocenters. The summed E-state index contributed by atoms with van der Waals surface area (Å²) in [5.74, 6) is 1.24. The van der Waals surface area contributed by atoms with Crippen LogP contribution < -0.4 is 5.32 Å². The Labute approximate surface area is 101 Å². The first kappa shape index (κ1) is 11.9. The quantitative estimate of drug-likeness (QED) is 0.754. The largest absolute Gasteiger partial charge is 0.464 e. The Morgan fingerprint density at radius 2 is 2.35 bits per heavy atom. The van der Waals surface area contributed by atoms with Gasteiger partial charge in [-0.3, -0.25) is 0 Å². The smallest absolute Gasteiger partial charge is 0.139 e. The molecule has 4 nitrogen and oxygen atoms in total. The molecule has 2 heterocycles. The molecule has 0 radical (unpaired) electrons. The molecular formula is C13H18N2O2. The van der Waals surface area contributed by atoms with Crippen LogP contribution in [0.3, 0.4) is 0 Å². The third kappa shape index (κ3) is 2.97. The molecule has 2 N–H and O–H groups in total. The van der Waals surface area contributed by atoms with Crippen molar-refractivity contribution in [1.82, 2.24) is 4.98 Å². The van der Waals surface area contributed by atoms with E-state index in [1.807, 2.05) is 12.1 Å². The van der Waals surface area contributed by atoms with Crippen LogP contribution >= 0.6 is 0 Å². The molecule has 92 valence electrons. The summed E-state index contributed by atoms with van der Waals surface area (Å²) in [5, 5.41) is 13.2. The predicted octanol–water partition coefficient (Wildman–Crippen LogP) is 2.65. The summed E-state index contributed by atoms with van der Waals surface area (Å²) in [6.07, 6.45) is 5.46. The van der Waals surface area contributed by atoms with E-state index in [0.29, 0.717) is 5.92 Å². The number of nitrogens with one attached hydrogen (secondary N) is 1. The SMILES string of the molecule is CC(CO)CCCNc1nccc2occc12. The van der Waals surface area contributed by atoms with Crippen molar-refractivity contribution in [3.8, 4) is 0 Å². The zero-order valence-corrected chi connectivity index (χ0v) is 10.0. The van der Waals surface area contributed by atoms with Gasteiger partial charge in [0.15, 0.2) is 0 Å². The number of anilines is 1. The van der Waals surface area contributed by atoms with Crippen LogP contribution in [0.4, 0.5) is 5.82 Å². The first-order chi connectivity index (χ1) is 8.31. The van der Waals surface area contributed by atoms with Crippen molar-refractivity contribution < 1.29 is 9.52 Å². The molecule has 2 aromatic rings. The van der Waals surface area contributed by atoms with E-state index in [1.165, 1.54) is 0 Å². The third-order valence-corrected chi connectivity index (χ3v) is 2.86. The lowest BCUT2D eigenvalue weighted by Gasteiger charge is -2.09. The molecule has 0 aromatic carbocycles. The Bertz CT molecular complexity index is 467. The van der Waals surface area contributed by atoms with Crippen molar-refractivity contribution >= 4 is 16.8 Å². The molecule has 0 aliphatic carbocycles. The molecule has 0 spiro atoms. The highest BCUT2D eigenvalue weighted by molar-refractivity contribution is 5.87. The molecule has 0 saturated carbocycles. The molecular weight excluding hydrogens is 216 g/mol. The number of rotatable bonds is 6. The standard InChI is InChI=1S/C13H18N2O2/c1-10(9-16)3-2-6-14-13-11-5-8-17-12(11)4-7-15-13/h4-5,7-8,10,16H,2-3,6,9H2,1H3,(H,14,15). The van der Waals surface area contributed by atoms with E-state index in [1.54, 1.807) is 12.5 Å². The van der Waals surface area contributed by atoms with Crippen LogP contribution in [-0.2, 0) is 0 Å². The second-order valence-electron chi connectivity index (χ2n) is 4.35. The maximum Gasteiger partial charge on any atom is 0.139 e. The summed E-state index contributed by atoms with van der Waals surface area (Å²) >= 11 is 0. The van der Waals surface area contributed by atoms with Gasteiger partial charge in [-0.1, -0.05) is 6.92 Å². The van der Waals surface area contributed by atoms with Crippen LogP contribution in [0.2, 0.25) is 0 Å². The maximum absolute atomic E-state index is 8.92. The lowest BCUT2D eigenvalue weighted by atomic mass is 10.1. The normalized spacial score (nSPS) is 12.8. The average molecular weight is 234 g/mol. The Kier molecular flexibility index (Phi) is 3.98. The van der Waals surface area contributed by atoms with Crippen LogP contribution in [-0.4, -0.2) is 23.2 Å². The highest BCUT2D eigenvalue weighted by atomic mass is 16.3. The number of hydrogen-bond acceptors (Lipinski definition) is 4. The van der Waals surface area contributed by atoms with E-state index in [0.717, 1.165) is 36.2 Å². The fourth-order valence-electron chi connectivity index (χ4n) is 1.78. The number of nitrogens with zero attached hydrogens (tertiary/aromatic N) is 1. The zero-order valence-electron chi connectivity index (χ0n) is 10.0. The highest BCUT2D eigenvalue weighted by Gasteiger charge is 2.04. The van der Waals surface area contributed by atoms with Gasteiger partial charge in [0.05, 0.1) is 11.6 Å². The number of pyridine rings is 1. The number of aliphatic hydroxyl groups excluding tert-OH is 1. The van der Waals surface area contributed by atoms with E-state index in [4.69, 9.17) is 9.52 Å². The van der Waals surface area contributed by atoms with Gasteiger partial charge in [0.2, 0.25) is 0 Å². The minimum Gasteiger partial charge on any atom is -0.464 e. The van der Waals surface area contributed by atoms with Gasteiger partial charge in [-0.2, -0.15) is 0 Å². The van der Waals surface area contributed by atoms with Crippen molar-refractivity contribution in [3.05, 3.63) is 24.6 Å². The predicted molar refractivity (Wildman–Crippen MR) is 68.0 cm³/mol. The van der Waals surface area contributed by atoms with Gasteiger partial charge >= 0.3 is 0 Å². The molecule has 4 heteroatoms. The van der Waals surface area contributed by atoms with E-state index in [9.17, 15) is 0 Å². The molecule has 0 aliphatic heterocycles. The van der Waals surface area contributed by atoms with Crippen molar-refractivity contribution in [1.29, 1.82) is 0 Å². The van der Waals surface area contributed by atoms with Crippen LogP contribution in [0.1, 0.15) is 19.8 Å². The molecule has 0 bridgehead atoms. The number of hydrogen-bond donors (Lipinski definition) is 2. The number of fused-ring (bicyclic) bond motifs is 1. The first-order valence-corrected chi connectivity index (χ1v) is 5.98. The average Bonchev–Trinajstić information content (AvgIpc) is 2.83. The van der Waals surface area contributed by atoms with Crippen molar-refractivity contribution in [3.63, 3.8) is 0 Å². The van der Waals surface area contributed by atoms with Gasteiger partial charge < -0.3 is 14.8 Å². The summed E-state index contributed by atoms with van der Waals surface area (Å²) in [4.78, 5) is 4.30. The van der Waals surface area contributed by atoms with Gasteiger partial charge in [0.1, 0.15) is 11.4 Å². The van der Waals surface area contributed by atoms with Crippen LogP contribution in [0.5, 0.6) is 0 Å². The second kappa shape index (κ2) is 5.68. The summed E-state index contributed by atoms with van der Waals surface area (Å²) < 4.78 is 5.31. The number of furan rings is 1. The lowest BCUT2D eigenvalue weighted by Crippen LogP contribution is -2.07. The molecule has 0 fully saturated rings. The van der Waals surface area contributed by atoms with E-state index < -0.39 is 0 Å². The van der Waals surface area contributed by atoms with Crippen molar-refractivity contribution in [2.45, 2.75) is 19.8 Å². The molecule has 0 saturated heterocycles. The Balaban J connectivity index is 1.88. The molecule has 0 aliphatic rings. The molecule has 17 heavy (non-hydrogen) atoms. The Morgan fingerprint density at radius 1 is 1.47 bits per heavy atom. The summed E-state index contributed by atoms with van der Waals surface area (Å²) in [6, 6.07) is 3.77. The van der Waals surface area contributed by atoms with E-state index in [-0.39, 0.29) is 6.61 Å². The summed E-state index contributed by atoms with van der Waals surface area (Å²) in [7, 11) is 0. The van der Waals surface area contributed by atoms with Crippen LogP contribution in [0.15, 0.2) is 29.0 Å². The monoisotopic (exact) mass is 234 g/mol. The van der Waals surface area contributed by atoms with Crippen LogP contribution in [0, 0.1) is 5.92 Å². The lowest BCUT2D eigenvalue weighted by molar-refractivity contribution is 0.229.